The lowest BCUT2D eigenvalue weighted by Gasteiger charge is -2.18. The largest absolute Gasteiger partial charge is 0.361 e. The zero-order valence-corrected chi connectivity index (χ0v) is 10.6. The van der Waals surface area contributed by atoms with E-state index in [-0.39, 0.29) is 5.54 Å². The Hall–Kier alpha value is -1.32. The van der Waals surface area contributed by atoms with Crippen LogP contribution in [-0.2, 0) is 6.54 Å². The Morgan fingerprint density at radius 3 is 2.82 bits per heavy atom. The Bertz CT molecular complexity index is 479. The van der Waals surface area contributed by atoms with Crippen LogP contribution in [0, 0.1) is 0 Å². The summed E-state index contributed by atoms with van der Waals surface area (Å²) in [5, 5.41) is 4.73. The fourth-order valence-electron chi connectivity index (χ4n) is 1.91. The van der Waals surface area contributed by atoms with E-state index in [0.29, 0.717) is 0 Å². The predicted octanol–water partition coefficient (Wildman–Crippen LogP) is 2.38. The highest BCUT2D eigenvalue weighted by atomic mass is 14.9. The zero-order chi connectivity index (χ0) is 12.3. The first-order valence-corrected chi connectivity index (χ1v) is 6.11. The number of hydrogen-bond acceptors (Lipinski definition) is 2. The quantitative estimate of drug-likeness (QED) is 0.692. The van der Waals surface area contributed by atoms with Gasteiger partial charge in [-0.15, -0.1) is 0 Å². The van der Waals surface area contributed by atoms with Gasteiger partial charge in [0.2, 0.25) is 0 Å². The number of hydrogen-bond donors (Lipinski definition) is 3. The summed E-state index contributed by atoms with van der Waals surface area (Å²) >= 11 is 0. The van der Waals surface area contributed by atoms with Gasteiger partial charge in [-0.25, -0.2) is 0 Å². The van der Waals surface area contributed by atoms with E-state index in [4.69, 9.17) is 5.73 Å². The molecule has 0 saturated heterocycles. The number of nitrogens with one attached hydrogen (secondary N) is 2. The highest BCUT2D eigenvalue weighted by Gasteiger charge is 2.09. The molecule has 1 heterocycles. The molecule has 2 aromatic rings. The van der Waals surface area contributed by atoms with E-state index in [1.807, 2.05) is 6.07 Å². The summed E-state index contributed by atoms with van der Waals surface area (Å²) in [6.07, 6.45) is 3.06. The van der Waals surface area contributed by atoms with Crippen molar-refractivity contribution >= 4 is 10.9 Å². The maximum atomic E-state index is 5.94. The fraction of sp³-hybridized carbons (Fsp3) is 0.429. The molecule has 0 spiro atoms. The van der Waals surface area contributed by atoms with Gasteiger partial charge in [0.05, 0.1) is 0 Å². The lowest BCUT2D eigenvalue weighted by Crippen LogP contribution is -2.35. The average Bonchev–Trinajstić information content (AvgIpc) is 2.67. The van der Waals surface area contributed by atoms with Crippen molar-refractivity contribution in [2.45, 2.75) is 32.4 Å². The molecule has 0 saturated carbocycles. The Labute approximate surface area is 102 Å². The molecule has 0 aliphatic heterocycles. The molecule has 0 unspecified atom stereocenters. The molecule has 0 aliphatic carbocycles. The number of rotatable bonds is 5. The van der Waals surface area contributed by atoms with Crippen molar-refractivity contribution in [2.75, 3.05) is 6.54 Å². The Morgan fingerprint density at radius 1 is 1.29 bits per heavy atom. The molecule has 0 radical (unpaired) electrons. The minimum atomic E-state index is -0.0901. The third kappa shape index (κ3) is 3.32. The molecule has 0 fully saturated rings. The first-order chi connectivity index (χ1) is 8.06. The SMILES string of the molecule is CC(C)(N)CCNCc1c[nH]c2ccccc12. The Kier molecular flexibility index (Phi) is 3.50. The van der Waals surface area contributed by atoms with Crippen LogP contribution in [0.2, 0.25) is 0 Å². The fourth-order valence-corrected chi connectivity index (χ4v) is 1.91. The topological polar surface area (TPSA) is 53.8 Å². The normalized spacial score (nSPS) is 12.2. The standard InChI is InChI=1S/C14H21N3/c1-14(2,15)7-8-16-9-11-10-17-13-6-4-3-5-12(11)13/h3-6,10,16-17H,7-9,15H2,1-2H3. The van der Waals surface area contributed by atoms with Gasteiger partial charge >= 0.3 is 0 Å². The number of para-hydroxylation sites is 1. The van der Waals surface area contributed by atoms with Crippen LogP contribution in [0.25, 0.3) is 10.9 Å². The highest BCUT2D eigenvalue weighted by Crippen LogP contribution is 2.17. The predicted molar refractivity (Wildman–Crippen MR) is 72.9 cm³/mol. The third-order valence-electron chi connectivity index (χ3n) is 2.94. The van der Waals surface area contributed by atoms with Crippen molar-refractivity contribution in [2.24, 2.45) is 5.73 Å². The van der Waals surface area contributed by atoms with Gasteiger partial charge < -0.3 is 16.0 Å². The van der Waals surface area contributed by atoms with Gasteiger partial charge in [-0.2, -0.15) is 0 Å². The van der Waals surface area contributed by atoms with Crippen molar-refractivity contribution < 1.29 is 0 Å². The summed E-state index contributed by atoms with van der Waals surface area (Å²) in [7, 11) is 0. The molecule has 0 atom stereocenters. The van der Waals surface area contributed by atoms with Crippen LogP contribution in [-0.4, -0.2) is 17.1 Å². The summed E-state index contributed by atoms with van der Waals surface area (Å²) < 4.78 is 0. The number of aromatic nitrogens is 1. The lowest BCUT2D eigenvalue weighted by atomic mass is 10.0. The summed E-state index contributed by atoms with van der Waals surface area (Å²) in [6, 6.07) is 8.37. The zero-order valence-electron chi connectivity index (χ0n) is 10.6. The minimum absolute atomic E-state index is 0.0901. The minimum Gasteiger partial charge on any atom is -0.361 e. The Morgan fingerprint density at radius 2 is 2.06 bits per heavy atom. The van der Waals surface area contributed by atoms with E-state index in [0.717, 1.165) is 19.5 Å². The molecule has 3 nitrogen and oxygen atoms in total. The van der Waals surface area contributed by atoms with Crippen molar-refractivity contribution in [1.29, 1.82) is 0 Å². The molecule has 1 aromatic heterocycles. The number of H-pyrrole nitrogens is 1. The van der Waals surface area contributed by atoms with Gasteiger partial charge in [0.15, 0.2) is 0 Å². The molecule has 0 amide bonds. The summed E-state index contributed by atoms with van der Waals surface area (Å²) in [6.45, 7) is 5.95. The molecular formula is C14H21N3. The molecular weight excluding hydrogens is 210 g/mol. The monoisotopic (exact) mass is 231 g/mol. The van der Waals surface area contributed by atoms with Crippen LogP contribution < -0.4 is 11.1 Å². The van der Waals surface area contributed by atoms with Gasteiger partial charge in [-0.3, -0.25) is 0 Å². The van der Waals surface area contributed by atoms with Gasteiger partial charge in [0.25, 0.3) is 0 Å². The number of aromatic amines is 1. The van der Waals surface area contributed by atoms with E-state index in [2.05, 4.69) is 48.5 Å². The molecule has 0 aliphatic rings. The van der Waals surface area contributed by atoms with Crippen LogP contribution in [0.4, 0.5) is 0 Å². The summed E-state index contributed by atoms with van der Waals surface area (Å²) in [5.41, 5.74) is 8.36. The van der Waals surface area contributed by atoms with E-state index >= 15 is 0 Å². The number of fused-ring (bicyclic) bond motifs is 1. The van der Waals surface area contributed by atoms with Gasteiger partial charge in [0, 0.05) is 29.2 Å². The van der Waals surface area contributed by atoms with E-state index in [1.165, 1.54) is 16.5 Å². The highest BCUT2D eigenvalue weighted by molar-refractivity contribution is 5.82. The first kappa shape index (κ1) is 12.1. The number of benzene rings is 1. The molecule has 0 bridgehead atoms. The molecule has 17 heavy (non-hydrogen) atoms. The number of nitrogens with two attached hydrogens (primary N) is 1. The molecule has 4 N–H and O–H groups in total. The van der Waals surface area contributed by atoms with E-state index in [9.17, 15) is 0 Å². The van der Waals surface area contributed by atoms with Gasteiger partial charge in [-0.05, 0) is 38.4 Å². The second kappa shape index (κ2) is 4.90. The smallest absolute Gasteiger partial charge is 0.0457 e. The average molecular weight is 231 g/mol. The van der Waals surface area contributed by atoms with Crippen LogP contribution >= 0.6 is 0 Å². The molecule has 3 heteroatoms. The molecule has 92 valence electrons. The van der Waals surface area contributed by atoms with Crippen molar-refractivity contribution in [3.8, 4) is 0 Å². The molecule has 1 aromatic carbocycles. The second-order valence-electron chi connectivity index (χ2n) is 5.27. The summed E-state index contributed by atoms with van der Waals surface area (Å²) in [4.78, 5) is 3.28. The van der Waals surface area contributed by atoms with Crippen molar-refractivity contribution in [3.63, 3.8) is 0 Å². The first-order valence-electron chi connectivity index (χ1n) is 6.11. The van der Waals surface area contributed by atoms with E-state index < -0.39 is 0 Å². The van der Waals surface area contributed by atoms with Crippen LogP contribution in [0.5, 0.6) is 0 Å². The maximum Gasteiger partial charge on any atom is 0.0457 e. The van der Waals surface area contributed by atoms with Crippen molar-refractivity contribution in [3.05, 3.63) is 36.0 Å². The Balaban J connectivity index is 1.91. The third-order valence-corrected chi connectivity index (χ3v) is 2.94. The van der Waals surface area contributed by atoms with E-state index in [1.54, 1.807) is 0 Å². The van der Waals surface area contributed by atoms with Crippen LogP contribution in [0.3, 0.4) is 0 Å². The molecule has 2 rings (SSSR count). The van der Waals surface area contributed by atoms with Crippen LogP contribution in [0.1, 0.15) is 25.8 Å². The maximum absolute atomic E-state index is 5.94. The van der Waals surface area contributed by atoms with Gasteiger partial charge in [0.1, 0.15) is 0 Å². The summed E-state index contributed by atoms with van der Waals surface area (Å²) in [5.74, 6) is 0. The van der Waals surface area contributed by atoms with Crippen LogP contribution in [0.15, 0.2) is 30.5 Å². The lowest BCUT2D eigenvalue weighted by molar-refractivity contribution is 0.455. The second-order valence-corrected chi connectivity index (χ2v) is 5.27. The van der Waals surface area contributed by atoms with Gasteiger partial charge in [-0.1, -0.05) is 18.2 Å². The van der Waals surface area contributed by atoms with Crippen molar-refractivity contribution in [1.82, 2.24) is 10.3 Å².